The van der Waals surface area contributed by atoms with Crippen molar-refractivity contribution in [3.8, 4) is 5.75 Å². The Morgan fingerprint density at radius 3 is 2.53 bits per heavy atom. The number of furan rings is 1. The van der Waals surface area contributed by atoms with Gasteiger partial charge in [0.15, 0.2) is 0 Å². The SMILES string of the molecule is COc1cccc([C@H]2CN(Cc3ccc(C)o3)C[C@@H]2CN(C(=O)c2ccccc2)C2CCCCC2)c1. The van der Waals surface area contributed by atoms with Crippen molar-refractivity contribution in [2.45, 2.75) is 57.5 Å². The van der Waals surface area contributed by atoms with E-state index in [1.54, 1.807) is 7.11 Å². The summed E-state index contributed by atoms with van der Waals surface area (Å²) in [6, 6.07) is 22.7. The molecule has 5 heteroatoms. The second-order valence-electron chi connectivity index (χ2n) is 10.5. The Bertz CT molecular complexity index is 1140. The molecule has 1 aromatic heterocycles. The van der Waals surface area contributed by atoms with Crippen molar-refractivity contribution in [3.63, 3.8) is 0 Å². The third-order valence-corrected chi connectivity index (χ3v) is 7.94. The van der Waals surface area contributed by atoms with Gasteiger partial charge in [-0.2, -0.15) is 0 Å². The second-order valence-corrected chi connectivity index (χ2v) is 10.5. The van der Waals surface area contributed by atoms with Gasteiger partial charge < -0.3 is 14.1 Å². The first-order valence-electron chi connectivity index (χ1n) is 13.4. The van der Waals surface area contributed by atoms with Crippen LogP contribution < -0.4 is 4.74 Å². The molecule has 1 saturated heterocycles. The van der Waals surface area contributed by atoms with E-state index in [1.165, 1.54) is 24.8 Å². The van der Waals surface area contributed by atoms with Gasteiger partial charge in [0.1, 0.15) is 17.3 Å². The molecule has 1 saturated carbocycles. The molecule has 0 radical (unpaired) electrons. The lowest BCUT2D eigenvalue weighted by Crippen LogP contribution is -2.45. The summed E-state index contributed by atoms with van der Waals surface area (Å²) in [5.74, 6) is 3.67. The van der Waals surface area contributed by atoms with Crippen LogP contribution in [0.25, 0.3) is 0 Å². The van der Waals surface area contributed by atoms with Crippen LogP contribution in [0.1, 0.15) is 65.5 Å². The maximum Gasteiger partial charge on any atom is 0.254 e. The molecule has 2 fully saturated rings. The summed E-state index contributed by atoms with van der Waals surface area (Å²) in [7, 11) is 1.72. The van der Waals surface area contributed by atoms with E-state index in [1.807, 2.05) is 49.4 Å². The highest BCUT2D eigenvalue weighted by molar-refractivity contribution is 5.94. The van der Waals surface area contributed by atoms with Crippen LogP contribution in [-0.2, 0) is 6.54 Å². The highest BCUT2D eigenvalue weighted by atomic mass is 16.5. The number of likely N-dealkylation sites (tertiary alicyclic amines) is 1. The van der Waals surface area contributed by atoms with Gasteiger partial charge in [-0.1, -0.05) is 49.6 Å². The van der Waals surface area contributed by atoms with Gasteiger partial charge in [0, 0.05) is 37.2 Å². The monoisotopic (exact) mass is 486 g/mol. The van der Waals surface area contributed by atoms with E-state index in [0.29, 0.717) is 17.9 Å². The number of hydrogen-bond acceptors (Lipinski definition) is 4. The summed E-state index contributed by atoms with van der Waals surface area (Å²) < 4.78 is 11.5. The minimum atomic E-state index is 0.173. The summed E-state index contributed by atoms with van der Waals surface area (Å²) in [6.07, 6.45) is 5.89. The second kappa shape index (κ2) is 11.3. The summed E-state index contributed by atoms with van der Waals surface area (Å²) in [5.41, 5.74) is 2.08. The summed E-state index contributed by atoms with van der Waals surface area (Å²) in [4.78, 5) is 18.5. The Balaban J connectivity index is 1.42. The molecule has 190 valence electrons. The number of ether oxygens (including phenoxy) is 1. The molecule has 2 heterocycles. The molecule has 1 aliphatic carbocycles. The average Bonchev–Trinajstić information content (AvgIpc) is 3.53. The van der Waals surface area contributed by atoms with Gasteiger partial charge in [-0.15, -0.1) is 0 Å². The minimum Gasteiger partial charge on any atom is -0.497 e. The third-order valence-electron chi connectivity index (χ3n) is 7.94. The van der Waals surface area contributed by atoms with Crippen LogP contribution >= 0.6 is 0 Å². The summed E-state index contributed by atoms with van der Waals surface area (Å²) in [5, 5.41) is 0. The Kier molecular flexibility index (Phi) is 7.76. The van der Waals surface area contributed by atoms with Crippen molar-refractivity contribution in [3.05, 3.63) is 89.4 Å². The molecule has 2 atom stereocenters. The van der Waals surface area contributed by atoms with Crippen LogP contribution in [0.4, 0.5) is 0 Å². The molecule has 2 aliphatic rings. The largest absolute Gasteiger partial charge is 0.497 e. The van der Waals surface area contributed by atoms with E-state index in [9.17, 15) is 4.79 Å². The van der Waals surface area contributed by atoms with Gasteiger partial charge in [-0.3, -0.25) is 9.69 Å². The fourth-order valence-corrected chi connectivity index (χ4v) is 6.10. The van der Waals surface area contributed by atoms with Crippen LogP contribution in [0.15, 0.2) is 71.1 Å². The van der Waals surface area contributed by atoms with E-state index < -0.39 is 0 Å². The van der Waals surface area contributed by atoms with Gasteiger partial charge in [-0.05, 0) is 67.6 Å². The maximum absolute atomic E-state index is 13.8. The number of nitrogens with zero attached hydrogens (tertiary/aromatic N) is 2. The van der Waals surface area contributed by atoms with Crippen LogP contribution in [0, 0.1) is 12.8 Å². The van der Waals surface area contributed by atoms with E-state index in [2.05, 4.69) is 34.1 Å². The molecule has 1 aliphatic heterocycles. The first kappa shape index (κ1) is 24.6. The van der Waals surface area contributed by atoms with Crippen molar-refractivity contribution in [1.29, 1.82) is 0 Å². The van der Waals surface area contributed by atoms with Gasteiger partial charge in [0.05, 0.1) is 13.7 Å². The number of hydrogen-bond donors (Lipinski definition) is 0. The van der Waals surface area contributed by atoms with Gasteiger partial charge in [-0.25, -0.2) is 0 Å². The standard InChI is InChI=1S/C31H38N2O3/c1-23-16-17-29(36-23)21-32-19-26(30(22-32)25-12-9-15-28(18-25)35-2)20-33(27-13-7-4-8-14-27)31(34)24-10-5-3-6-11-24/h3,5-6,9-12,15-18,26-27,30H,4,7-8,13-14,19-22H2,1-2H3/t26-,30-/m1/s1. The molecule has 0 spiro atoms. The van der Waals surface area contributed by atoms with Gasteiger partial charge >= 0.3 is 0 Å². The topological polar surface area (TPSA) is 45.9 Å². The molecule has 5 rings (SSSR count). The van der Waals surface area contributed by atoms with Crippen molar-refractivity contribution in [2.75, 3.05) is 26.7 Å². The van der Waals surface area contributed by atoms with Gasteiger partial charge in [0.25, 0.3) is 5.91 Å². The van der Waals surface area contributed by atoms with E-state index >= 15 is 0 Å². The van der Waals surface area contributed by atoms with Crippen LogP contribution in [0.2, 0.25) is 0 Å². The lowest BCUT2D eigenvalue weighted by Gasteiger charge is -2.37. The quantitative estimate of drug-likeness (QED) is 0.376. The highest BCUT2D eigenvalue weighted by Crippen LogP contribution is 2.37. The Morgan fingerprint density at radius 1 is 1.00 bits per heavy atom. The zero-order chi connectivity index (χ0) is 24.9. The molecule has 0 bridgehead atoms. The molecular weight excluding hydrogens is 448 g/mol. The molecule has 36 heavy (non-hydrogen) atoms. The molecule has 5 nitrogen and oxygen atoms in total. The number of methoxy groups -OCH3 is 1. The van der Waals surface area contributed by atoms with Crippen molar-refractivity contribution in [2.24, 2.45) is 5.92 Å². The first-order valence-corrected chi connectivity index (χ1v) is 13.4. The molecule has 3 aromatic rings. The summed E-state index contributed by atoms with van der Waals surface area (Å²) in [6.45, 7) is 5.43. The molecule has 0 N–H and O–H groups in total. The number of aryl methyl sites for hydroxylation is 1. The van der Waals surface area contributed by atoms with Crippen LogP contribution in [0.5, 0.6) is 5.75 Å². The lowest BCUT2D eigenvalue weighted by atomic mass is 9.86. The van der Waals surface area contributed by atoms with Crippen molar-refractivity contribution >= 4 is 5.91 Å². The molecule has 2 aromatic carbocycles. The predicted molar refractivity (Wildman–Crippen MR) is 142 cm³/mol. The van der Waals surface area contributed by atoms with E-state index in [0.717, 1.165) is 61.9 Å². The molecule has 1 amide bonds. The number of carbonyl (C=O) groups excluding carboxylic acids is 1. The predicted octanol–water partition coefficient (Wildman–Crippen LogP) is 6.29. The maximum atomic E-state index is 13.8. The Morgan fingerprint density at radius 2 is 1.81 bits per heavy atom. The zero-order valence-corrected chi connectivity index (χ0v) is 21.6. The molecule has 0 unspecified atom stereocenters. The highest BCUT2D eigenvalue weighted by Gasteiger charge is 2.38. The number of benzene rings is 2. The van der Waals surface area contributed by atoms with Crippen molar-refractivity contribution < 1.29 is 13.9 Å². The third kappa shape index (κ3) is 5.67. The van der Waals surface area contributed by atoms with Crippen molar-refractivity contribution in [1.82, 2.24) is 9.80 Å². The zero-order valence-electron chi connectivity index (χ0n) is 21.6. The normalized spacial score (nSPS) is 20.9. The van der Waals surface area contributed by atoms with Gasteiger partial charge in [0.2, 0.25) is 0 Å². The minimum absolute atomic E-state index is 0.173. The molecular formula is C31H38N2O3. The smallest absolute Gasteiger partial charge is 0.254 e. The lowest BCUT2D eigenvalue weighted by molar-refractivity contribution is 0.0587. The van der Waals surface area contributed by atoms with E-state index in [4.69, 9.17) is 9.15 Å². The number of rotatable bonds is 8. The number of carbonyl (C=O) groups is 1. The fourth-order valence-electron chi connectivity index (χ4n) is 6.10. The van der Waals surface area contributed by atoms with E-state index in [-0.39, 0.29) is 5.91 Å². The average molecular weight is 487 g/mol. The summed E-state index contributed by atoms with van der Waals surface area (Å²) >= 11 is 0. The fraction of sp³-hybridized carbons (Fsp3) is 0.452. The first-order chi connectivity index (χ1) is 17.6. The Labute approximate surface area is 215 Å². The number of amides is 1. The Hall–Kier alpha value is -3.05. The van der Waals surface area contributed by atoms with Crippen LogP contribution in [-0.4, -0.2) is 48.5 Å². The van der Waals surface area contributed by atoms with Crippen LogP contribution in [0.3, 0.4) is 0 Å².